The van der Waals surface area contributed by atoms with Gasteiger partial charge in [-0.2, -0.15) is 0 Å². The number of para-hydroxylation sites is 1. The van der Waals surface area contributed by atoms with Crippen molar-refractivity contribution < 1.29 is 9.53 Å². The number of imidazole rings is 1. The standard InChI is InChI=1S/C38H40N6O3/c1-22-14-34(45)40-30-12-11-25(15-29(22)30)28-8-4-7-26-17-32(44(35(26)28)21-23-9-10-23)37-41-31-16-27(18-33(47-3)36(31)42(37)2)38(46)43-13-5-6-24(19-39)20-43/h4,7-8,11-12,14-18,23-24H,5-6,9-10,13,19-21,39H2,1-3H3,(H,40,45)/t24-/m0/s1. The number of methoxy groups -OCH3 is 1. The van der Waals surface area contributed by atoms with E-state index in [1.807, 2.05) is 37.1 Å². The van der Waals surface area contributed by atoms with Gasteiger partial charge in [-0.05, 0) is 92.4 Å². The molecule has 0 radical (unpaired) electrons. The van der Waals surface area contributed by atoms with E-state index in [1.165, 1.54) is 18.4 Å². The van der Waals surface area contributed by atoms with Crippen molar-refractivity contribution in [3.63, 3.8) is 0 Å². The van der Waals surface area contributed by atoms with Gasteiger partial charge in [0.05, 0.1) is 23.8 Å². The van der Waals surface area contributed by atoms with Gasteiger partial charge in [-0.3, -0.25) is 9.59 Å². The molecule has 6 aromatic rings. The Morgan fingerprint density at radius 3 is 2.68 bits per heavy atom. The van der Waals surface area contributed by atoms with E-state index >= 15 is 0 Å². The van der Waals surface area contributed by atoms with E-state index in [-0.39, 0.29) is 11.5 Å². The fourth-order valence-corrected chi connectivity index (χ4v) is 7.52. The summed E-state index contributed by atoms with van der Waals surface area (Å²) in [6.07, 6.45) is 4.46. The Hall–Kier alpha value is -4.89. The molecule has 4 heterocycles. The molecule has 47 heavy (non-hydrogen) atoms. The highest BCUT2D eigenvalue weighted by atomic mass is 16.5. The molecule has 240 valence electrons. The highest BCUT2D eigenvalue weighted by Crippen LogP contribution is 2.41. The first-order valence-corrected chi connectivity index (χ1v) is 16.6. The lowest BCUT2D eigenvalue weighted by Crippen LogP contribution is -2.42. The third kappa shape index (κ3) is 5.09. The lowest BCUT2D eigenvalue weighted by Gasteiger charge is -2.32. The van der Waals surface area contributed by atoms with E-state index < -0.39 is 0 Å². The van der Waals surface area contributed by atoms with Crippen LogP contribution in [0.5, 0.6) is 5.75 Å². The van der Waals surface area contributed by atoms with Gasteiger partial charge in [0.15, 0.2) is 5.82 Å². The molecule has 9 nitrogen and oxygen atoms in total. The summed E-state index contributed by atoms with van der Waals surface area (Å²) in [5, 5.41) is 2.18. The number of benzene rings is 3. The van der Waals surface area contributed by atoms with Crippen LogP contribution < -0.4 is 16.0 Å². The number of hydrogen-bond donors (Lipinski definition) is 2. The Balaban J connectivity index is 1.28. The molecule has 3 N–H and O–H groups in total. The number of aryl methyl sites for hydroxylation is 2. The summed E-state index contributed by atoms with van der Waals surface area (Å²) in [7, 11) is 3.68. The molecule has 1 amide bonds. The third-order valence-electron chi connectivity index (χ3n) is 10.2. The Morgan fingerprint density at radius 2 is 1.89 bits per heavy atom. The van der Waals surface area contributed by atoms with Gasteiger partial charge in [0, 0.05) is 60.2 Å². The Morgan fingerprint density at radius 1 is 1.04 bits per heavy atom. The second-order valence-corrected chi connectivity index (χ2v) is 13.4. The van der Waals surface area contributed by atoms with Gasteiger partial charge in [0.2, 0.25) is 5.56 Å². The molecule has 0 bridgehead atoms. The maximum atomic E-state index is 13.7. The van der Waals surface area contributed by atoms with Crippen molar-refractivity contribution in [1.82, 2.24) is 24.0 Å². The molecule has 9 heteroatoms. The van der Waals surface area contributed by atoms with Crippen LogP contribution in [0, 0.1) is 18.8 Å². The number of hydrogen-bond acceptors (Lipinski definition) is 5. The zero-order valence-electron chi connectivity index (χ0n) is 27.2. The van der Waals surface area contributed by atoms with Crippen molar-refractivity contribution in [2.75, 3.05) is 26.7 Å². The van der Waals surface area contributed by atoms with Crippen molar-refractivity contribution in [1.29, 1.82) is 0 Å². The van der Waals surface area contributed by atoms with Gasteiger partial charge >= 0.3 is 0 Å². The van der Waals surface area contributed by atoms with E-state index in [2.05, 4.69) is 50.5 Å². The van der Waals surface area contributed by atoms with Gasteiger partial charge in [0.1, 0.15) is 11.3 Å². The number of nitrogens with zero attached hydrogens (tertiary/aromatic N) is 4. The van der Waals surface area contributed by atoms with E-state index in [0.29, 0.717) is 36.2 Å². The maximum Gasteiger partial charge on any atom is 0.254 e. The van der Waals surface area contributed by atoms with E-state index in [4.69, 9.17) is 15.5 Å². The molecule has 0 spiro atoms. The van der Waals surface area contributed by atoms with Crippen molar-refractivity contribution in [2.45, 2.75) is 39.2 Å². The zero-order valence-corrected chi connectivity index (χ0v) is 27.2. The SMILES string of the molecule is COc1cc(C(=O)N2CCC[C@@H](CN)C2)cc2nc(-c3cc4cccc(-c5ccc6[nH]c(=O)cc(C)c6c5)c4n3CC3CC3)n(C)c12. The summed E-state index contributed by atoms with van der Waals surface area (Å²) in [4.78, 5) is 35.9. The zero-order chi connectivity index (χ0) is 32.4. The molecule has 2 aliphatic rings. The molecular formula is C38H40N6O3. The third-order valence-corrected chi connectivity index (χ3v) is 10.2. The van der Waals surface area contributed by atoms with Crippen LogP contribution in [0.25, 0.3) is 55.5 Å². The van der Waals surface area contributed by atoms with Crippen molar-refractivity contribution >= 4 is 38.7 Å². The number of carbonyl (C=O) groups excluding carboxylic acids is 1. The predicted molar refractivity (Wildman–Crippen MR) is 187 cm³/mol. The van der Waals surface area contributed by atoms with Crippen LogP contribution in [-0.4, -0.2) is 56.7 Å². The molecule has 1 atom stereocenters. The van der Waals surface area contributed by atoms with Gasteiger partial charge in [-0.15, -0.1) is 0 Å². The number of aromatic nitrogens is 4. The van der Waals surface area contributed by atoms with Gasteiger partial charge in [-0.1, -0.05) is 24.3 Å². The fraction of sp³-hybridized carbons (Fsp3) is 0.342. The minimum absolute atomic E-state index is 0.00209. The molecule has 1 aliphatic carbocycles. The number of nitrogens with one attached hydrogen (secondary N) is 1. The molecule has 1 saturated heterocycles. The highest BCUT2D eigenvalue weighted by Gasteiger charge is 2.29. The molecule has 3 aromatic heterocycles. The van der Waals surface area contributed by atoms with Crippen LogP contribution in [0.2, 0.25) is 0 Å². The Labute approximate surface area is 273 Å². The van der Waals surface area contributed by atoms with Crippen LogP contribution >= 0.6 is 0 Å². The molecule has 1 saturated carbocycles. The predicted octanol–water partition coefficient (Wildman–Crippen LogP) is 6.24. The fourth-order valence-electron chi connectivity index (χ4n) is 7.52. The monoisotopic (exact) mass is 628 g/mol. The van der Waals surface area contributed by atoms with E-state index in [1.54, 1.807) is 13.2 Å². The number of likely N-dealkylation sites (tertiary alicyclic amines) is 1. The quantitative estimate of drug-likeness (QED) is 0.217. The minimum Gasteiger partial charge on any atom is -0.494 e. The largest absolute Gasteiger partial charge is 0.494 e. The number of nitrogens with two attached hydrogens (primary N) is 1. The second kappa shape index (κ2) is 11.4. The Kier molecular flexibility index (Phi) is 7.17. The van der Waals surface area contributed by atoms with Crippen LogP contribution in [0.3, 0.4) is 0 Å². The summed E-state index contributed by atoms with van der Waals surface area (Å²) >= 11 is 0. The minimum atomic E-state index is -0.0879. The van der Waals surface area contributed by atoms with E-state index in [0.717, 1.165) is 81.5 Å². The van der Waals surface area contributed by atoms with Crippen molar-refractivity contribution in [2.24, 2.45) is 24.6 Å². The molecule has 0 unspecified atom stereocenters. The molecule has 3 aromatic carbocycles. The number of carbonyl (C=O) groups is 1. The number of piperidine rings is 1. The summed E-state index contributed by atoms with van der Waals surface area (Å²) in [6.45, 7) is 4.89. The summed E-state index contributed by atoms with van der Waals surface area (Å²) in [6, 6.07) is 20.4. The number of rotatable bonds is 7. The van der Waals surface area contributed by atoms with E-state index in [9.17, 15) is 9.59 Å². The summed E-state index contributed by atoms with van der Waals surface area (Å²) in [5.74, 6) is 2.42. The van der Waals surface area contributed by atoms with Gasteiger partial charge in [0.25, 0.3) is 5.91 Å². The first kappa shape index (κ1) is 29.5. The van der Waals surface area contributed by atoms with Crippen molar-refractivity contribution in [3.05, 3.63) is 82.1 Å². The van der Waals surface area contributed by atoms with Crippen LogP contribution in [0.4, 0.5) is 0 Å². The number of pyridine rings is 1. The summed E-state index contributed by atoms with van der Waals surface area (Å²) in [5.41, 5.74) is 14.3. The maximum absolute atomic E-state index is 13.7. The first-order valence-electron chi connectivity index (χ1n) is 16.6. The van der Waals surface area contributed by atoms with Gasteiger partial charge in [-0.25, -0.2) is 4.98 Å². The number of H-pyrrole nitrogens is 1. The van der Waals surface area contributed by atoms with Crippen molar-refractivity contribution in [3.8, 4) is 28.4 Å². The smallest absolute Gasteiger partial charge is 0.254 e. The average molecular weight is 629 g/mol. The van der Waals surface area contributed by atoms with Gasteiger partial charge < -0.3 is 29.5 Å². The highest BCUT2D eigenvalue weighted by molar-refractivity contribution is 6.02. The average Bonchev–Trinajstić information content (AvgIpc) is 3.75. The molecule has 1 aliphatic heterocycles. The summed E-state index contributed by atoms with van der Waals surface area (Å²) < 4.78 is 10.4. The number of fused-ring (bicyclic) bond motifs is 3. The lowest BCUT2D eigenvalue weighted by molar-refractivity contribution is 0.0678. The van der Waals surface area contributed by atoms with Crippen LogP contribution in [-0.2, 0) is 13.6 Å². The lowest BCUT2D eigenvalue weighted by atomic mass is 9.97. The number of aromatic amines is 1. The van der Waals surface area contributed by atoms with Crippen LogP contribution in [0.1, 0.15) is 41.6 Å². The topological polar surface area (TPSA) is 111 Å². The molecule has 2 fully saturated rings. The molecular weight excluding hydrogens is 588 g/mol. The normalized spacial score (nSPS) is 16.9. The van der Waals surface area contributed by atoms with Crippen LogP contribution in [0.15, 0.2) is 65.5 Å². The number of ether oxygens (including phenoxy) is 1. The first-order chi connectivity index (χ1) is 22.8. The molecule has 8 rings (SSSR count). The Bertz CT molecular complexity index is 2260. The number of amides is 1. The second-order valence-electron chi connectivity index (χ2n) is 13.4.